The maximum atomic E-state index is 13.0. The molecule has 2 rings (SSSR count). The van der Waals surface area contributed by atoms with Crippen LogP contribution >= 0.6 is 0 Å². The van der Waals surface area contributed by atoms with Crippen molar-refractivity contribution in [3.63, 3.8) is 0 Å². The summed E-state index contributed by atoms with van der Waals surface area (Å²) in [6, 6.07) is 7.51. The van der Waals surface area contributed by atoms with E-state index in [9.17, 15) is 9.18 Å². The van der Waals surface area contributed by atoms with Crippen molar-refractivity contribution < 1.29 is 13.9 Å². The number of rotatable bonds is 4. The van der Waals surface area contributed by atoms with E-state index in [-0.39, 0.29) is 11.7 Å². The lowest BCUT2D eigenvalue weighted by atomic mass is 10.2. The Bertz CT molecular complexity index is 572. The van der Waals surface area contributed by atoms with E-state index in [1.807, 2.05) is 0 Å². The second kappa shape index (κ2) is 5.55. The molecule has 2 aromatic rings. The summed E-state index contributed by atoms with van der Waals surface area (Å²) in [5.74, 6) is -0.583. The molecule has 0 spiro atoms. The van der Waals surface area contributed by atoms with Crippen molar-refractivity contribution in [1.29, 1.82) is 0 Å². The van der Waals surface area contributed by atoms with E-state index in [4.69, 9.17) is 4.74 Å². The summed E-state index contributed by atoms with van der Waals surface area (Å²) >= 11 is 0. The molecule has 1 heterocycles. The normalized spacial score (nSPS) is 10.6. The Morgan fingerprint density at radius 1 is 1.39 bits per heavy atom. The lowest BCUT2D eigenvalue weighted by molar-refractivity contribution is 0.0932. The Morgan fingerprint density at radius 3 is 3.00 bits per heavy atom. The lowest BCUT2D eigenvalue weighted by Gasteiger charge is -2.05. The van der Waals surface area contributed by atoms with Gasteiger partial charge in [0, 0.05) is 19.0 Å². The highest BCUT2D eigenvalue weighted by Crippen LogP contribution is 2.14. The number of benzene rings is 1. The Morgan fingerprint density at radius 2 is 2.22 bits per heavy atom. The minimum atomic E-state index is -0.318. The highest BCUT2D eigenvalue weighted by atomic mass is 19.1. The van der Waals surface area contributed by atoms with Gasteiger partial charge in [-0.1, -0.05) is 6.07 Å². The number of carbonyl (C=O) groups is 1. The molecule has 0 atom stereocenters. The minimum absolute atomic E-state index is 0.265. The van der Waals surface area contributed by atoms with Crippen molar-refractivity contribution in [2.75, 3.05) is 20.3 Å². The number of carbonyl (C=O) groups excluding carboxylic acids is 1. The molecule has 0 saturated heterocycles. The summed E-state index contributed by atoms with van der Waals surface area (Å²) in [5.41, 5.74) is 0.904. The molecule has 0 bridgehead atoms. The van der Waals surface area contributed by atoms with Gasteiger partial charge in [-0.15, -0.1) is 0 Å². The smallest absolute Gasteiger partial charge is 0.269 e. The molecule has 5 heteroatoms. The van der Waals surface area contributed by atoms with Gasteiger partial charge in [0.25, 0.3) is 5.91 Å². The van der Waals surface area contributed by atoms with Gasteiger partial charge in [0.1, 0.15) is 11.5 Å². The Balaban J connectivity index is 2.19. The number of amides is 1. The summed E-state index contributed by atoms with van der Waals surface area (Å²) in [6.07, 6.45) is 0. The first kappa shape index (κ1) is 12.4. The molecule has 0 saturated carbocycles. The number of hydrogen-bond acceptors (Lipinski definition) is 3. The fourth-order valence-corrected chi connectivity index (χ4v) is 1.58. The van der Waals surface area contributed by atoms with Gasteiger partial charge in [-0.25, -0.2) is 9.37 Å². The van der Waals surface area contributed by atoms with Crippen LogP contribution in [0.5, 0.6) is 0 Å². The summed E-state index contributed by atoms with van der Waals surface area (Å²) in [5, 5.41) is 3.35. The molecular formula is C13H13FN2O2. The molecule has 94 valence electrons. The van der Waals surface area contributed by atoms with Crippen molar-refractivity contribution in [3.8, 4) is 0 Å². The number of halogens is 1. The van der Waals surface area contributed by atoms with Gasteiger partial charge in [0.05, 0.1) is 12.1 Å². The van der Waals surface area contributed by atoms with Gasteiger partial charge in [0.15, 0.2) is 0 Å². The van der Waals surface area contributed by atoms with Crippen LogP contribution in [0.25, 0.3) is 10.9 Å². The first-order valence-electron chi connectivity index (χ1n) is 5.54. The van der Waals surface area contributed by atoms with Crippen LogP contribution in [0.15, 0.2) is 30.3 Å². The molecule has 1 aromatic heterocycles. The van der Waals surface area contributed by atoms with Crippen LogP contribution in [-0.2, 0) is 4.74 Å². The molecule has 1 amide bonds. The molecule has 0 aliphatic heterocycles. The number of aromatic nitrogens is 1. The van der Waals surface area contributed by atoms with Crippen LogP contribution in [-0.4, -0.2) is 31.2 Å². The fraction of sp³-hybridized carbons (Fsp3) is 0.231. The first-order chi connectivity index (χ1) is 8.70. The highest BCUT2D eigenvalue weighted by Gasteiger charge is 2.07. The summed E-state index contributed by atoms with van der Waals surface area (Å²) in [7, 11) is 1.56. The van der Waals surface area contributed by atoms with Crippen LogP contribution in [0.4, 0.5) is 4.39 Å². The summed E-state index contributed by atoms with van der Waals surface area (Å²) in [4.78, 5) is 15.9. The maximum Gasteiger partial charge on any atom is 0.269 e. The SMILES string of the molecule is COCCNC(=O)c1ccc2cc(F)ccc2n1. The van der Waals surface area contributed by atoms with Gasteiger partial charge in [-0.05, 0) is 24.3 Å². The van der Waals surface area contributed by atoms with Crippen LogP contribution in [0, 0.1) is 5.82 Å². The van der Waals surface area contributed by atoms with Crippen LogP contribution in [0.1, 0.15) is 10.5 Å². The van der Waals surface area contributed by atoms with Crippen LogP contribution < -0.4 is 5.32 Å². The second-order valence-electron chi connectivity index (χ2n) is 3.78. The molecular weight excluding hydrogens is 235 g/mol. The van der Waals surface area contributed by atoms with E-state index in [0.717, 1.165) is 0 Å². The number of methoxy groups -OCH3 is 1. The minimum Gasteiger partial charge on any atom is -0.383 e. The number of fused-ring (bicyclic) bond motifs is 1. The van der Waals surface area contributed by atoms with E-state index in [2.05, 4.69) is 10.3 Å². The number of nitrogens with one attached hydrogen (secondary N) is 1. The molecule has 0 fully saturated rings. The molecule has 0 radical (unpaired) electrons. The van der Waals surface area contributed by atoms with Gasteiger partial charge in [-0.3, -0.25) is 4.79 Å². The largest absolute Gasteiger partial charge is 0.383 e. The predicted molar refractivity (Wildman–Crippen MR) is 65.9 cm³/mol. The van der Waals surface area contributed by atoms with E-state index in [0.29, 0.717) is 29.7 Å². The fourth-order valence-electron chi connectivity index (χ4n) is 1.58. The molecule has 1 aromatic carbocycles. The Labute approximate surface area is 104 Å². The van der Waals surface area contributed by atoms with Gasteiger partial charge < -0.3 is 10.1 Å². The second-order valence-corrected chi connectivity index (χ2v) is 3.78. The molecule has 0 aliphatic rings. The third-order valence-electron chi connectivity index (χ3n) is 2.48. The third kappa shape index (κ3) is 2.81. The summed E-state index contributed by atoms with van der Waals surface area (Å²) < 4.78 is 17.8. The average Bonchev–Trinajstić information content (AvgIpc) is 2.38. The van der Waals surface area contributed by atoms with Gasteiger partial charge in [0.2, 0.25) is 0 Å². The van der Waals surface area contributed by atoms with E-state index in [1.165, 1.54) is 12.1 Å². The van der Waals surface area contributed by atoms with Crippen LogP contribution in [0.2, 0.25) is 0 Å². The number of ether oxygens (including phenoxy) is 1. The van der Waals surface area contributed by atoms with Crippen molar-refractivity contribution >= 4 is 16.8 Å². The van der Waals surface area contributed by atoms with Crippen molar-refractivity contribution in [2.45, 2.75) is 0 Å². The average molecular weight is 248 g/mol. The molecule has 0 aliphatic carbocycles. The Kier molecular flexibility index (Phi) is 3.84. The first-order valence-corrected chi connectivity index (χ1v) is 5.54. The van der Waals surface area contributed by atoms with E-state index in [1.54, 1.807) is 25.3 Å². The Hall–Kier alpha value is -2.01. The zero-order chi connectivity index (χ0) is 13.0. The highest BCUT2D eigenvalue weighted by molar-refractivity contribution is 5.94. The number of pyridine rings is 1. The van der Waals surface area contributed by atoms with Crippen molar-refractivity contribution in [3.05, 3.63) is 41.8 Å². The molecule has 1 N–H and O–H groups in total. The molecule has 4 nitrogen and oxygen atoms in total. The van der Waals surface area contributed by atoms with Crippen LogP contribution in [0.3, 0.4) is 0 Å². The third-order valence-corrected chi connectivity index (χ3v) is 2.48. The van der Waals surface area contributed by atoms with E-state index >= 15 is 0 Å². The summed E-state index contributed by atoms with van der Waals surface area (Å²) in [6.45, 7) is 0.878. The van der Waals surface area contributed by atoms with E-state index < -0.39 is 0 Å². The molecule has 18 heavy (non-hydrogen) atoms. The van der Waals surface area contributed by atoms with Gasteiger partial charge >= 0.3 is 0 Å². The standard InChI is InChI=1S/C13H13FN2O2/c1-18-7-6-15-13(17)12-4-2-9-8-10(14)3-5-11(9)16-12/h2-5,8H,6-7H2,1H3,(H,15,17). The quantitative estimate of drug-likeness (QED) is 0.839. The topological polar surface area (TPSA) is 51.2 Å². The monoisotopic (exact) mass is 248 g/mol. The predicted octanol–water partition coefficient (Wildman–Crippen LogP) is 1.75. The zero-order valence-electron chi connectivity index (χ0n) is 9.94. The van der Waals surface area contributed by atoms with Gasteiger partial charge in [-0.2, -0.15) is 0 Å². The maximum absolute atomic E-state index is 13.0. The zero-order valence-corrected chi connectivity index (χ0v) is 9.94. The molecule has 0 unspecified atom stereocenters. The lowest BCUT2D eigenvalue weighted by Crippen LogP contribution is -2.27. The number of hydrogen-bond donors (Lipinski definition) is 1. The van der Waals surface area contributed by atoms with Crippen molar-refractivity contribution in [1.82, 2.24) is 10.3 Å². The number of nitrogens with zero attached hydrogens (tertiary/aromatic N) is 1. The van der Waals surface area contributed by atoms with Crippen molar-refractivity contribution in [2.24, 2.45) is 0 Å².